The van der Waals surface area contributed by atoms with Gasteiger partial charge in [-0.1, -0.05) is 41.4 Å². The second kappa shape index (κ2) is 5.92. The maximum absolute atomic E-state index is 6.24. The fourth-order valence-corrected chi connectivity index (χ4v) is 3.78. The predicted octanol–water partition coefficient (Wildman–Crippen LogP) is 5.48. The molecule has 1 aromatic heterocycles. The van der Waals surface area contributed by atoms with Crippen LogP contribution in [0.4, 0.5) is 0 Å². The number of benzene rings is 2. The van der Waals surface area contributed by atoms with Gasteiger partial charge < -0.3 is 9.15 Å². The average molecular weight is 365 g/mol. The van der Waals surface area contributed by atoms with Crippen LogP contribution in [-0.4, -0.2) is 10.7 Å². The van der Waals surface area contributed by atoms with Gasteiger partial charge in [-0.15, -0.1) is 0 Å². The molecule has 0 bridgehead atoms. The molecule has 0 radical (unpaired) electrons. The van der Waals surface area contributed by atoms with Gasteiger partial charge in [0.15, 0.2) is 5.76 Å². The molecule has 0 spiro atoms. The SMILES string of the molecule is Cc1ccc(C2=NN3[C@@H](c4ccco4)Oc4ccc(Cl)cc4[C@@H]3C2)cc1. The second-order valence-electron chi connectivity index (χ2n) is 6.68. The Kier molecular flexibility index (Phi) is 3.54. The zero-order valence-corrected chi connectivity index (χ0v) is 15.0. The van der Waals surface area contributed by atoms with Crippen molar-refractivity contribution in [3.8, 4) is 5.75 Å². The van der Waals surface area contributed by atoms with Gasteiger partial charge in [-0.2, -0.15) is 5.10 Å². The van der Waals surface area contributed by atoms with Gasteiger partial charge >= 0.3 is 0 Å². The van der Waals surface area contributed by atoms with E-state index < -0.39 is 0 Å². The van der Waals surface area contributed by atoms with Gasteiger partial charge in [-0.3, -0.25) is 0 Å². The first-order chi connectivity index (χ1) is 12.7. The number of nitrogens with zero attached hydrogens (tertiary/aromatic N) is 2. The van der Waals surface area contributed by atoms with Gasteiger partial charge in [0.1, 0.15) is 5.75 Å². The minimum absolute atomic E-state index is 0.0730. The van der Waals surface area contributed by atoms with Crippen molar-refractivity contribution in [3.05, 3.63) is 88.3 Å². The molecule has 4 nitrogen and oxygen atoms in total. The lowest BCUT2D eigenvalue weighted by atomic mass is 9.96. The van der Waals surface area contributed by atoms with E-state index in [1.54, 1.807) is 6.26 Å². The number of ether oxygens (including phenoxy) is 1. The first kappa shape index (κ1) is 15.5. The zero-order chi connectivity index (χ0) is 17.7. The van der Waals surface area contributed by atoms with Crippen LogP contribution in [0.3, 0.4) is 0 Å². The fraction of sp³-hybridized carbons (Fsp3) is 0.190. The Hall–Kier alpha value is -2.72. The van der Waals surface area contributed by atoms with Crippen LogP contribution < -0.4 is 4.74 Å². The summed E-state index contributed by atoms with van der Waals surface area (Å²) in [5, 5.41) is 7.59. The third-order valence-electron chi connectivity index (χ3n) is 4.92. The number of halogens is 1. The molecule has 2 aromatic carbocycles. The molecule has 5 rings (SSSR count). The summed E-state index contributed by atoms with van der Waals surface area (Å²) in [4.78, 5) is 0. The van der Waals surface area contributed by atoms with Gasteiger partial charge in [0, 0.05) is 17.0 Å². The largest absolute Gasteiger partial charge is 0.463 e. The highest BCUT2D eigenvalue weighted by Crippen LogP contribution is 2.48. The normalized spacial score (nSPS) is 21.0. The highest BCUT2D eigenvalue weighted by molar-refractivity contribution is 6.30. The van der Waals surface area contributed by atoms with Crippen molar-refractivity contribution < 1.29 is 9.15 Å². The van der Waals surface area contributed by atoms with Crippen LogP contribution in [0.1, 0.15) is 41.1 Å². The number of hydrogen-bond donors (Lipinski definition) is 0. The molecule has 3 aromatic rings. The molecule has 2 aliphatic rings. The van der Waals surface area contributed by atoms with Crippen LogP contribution in [0.25, 0.3) is 0 Å². The van der Waals surface area contributed by atoms with Gasteiger partial charge in [0.25, 0.3) is 0 Å². The highest BCUT2D eigenvalue weighted by atomic mass is 35.5. The van der Waals surface area contributed by atoms with E-state index in [0.717, 1.165) is 34.8 Å². The molecule has 0 saturated carbocycles. The van der Waals surface area contributed by atoms with E-state index in [9.17, 15) is 0 Å². The van der Waals surface area contributed by atoms with Crippen LogP contribution in [-0.2, 0) is 0 Å². The van der Waals surface area contributed by atoms with E-state index in [4.69, 9.17) is 25.9 Å². The van der Waals surface area contributed by atoms with Gasteiger partial charge in [-0.05, 0) is 42.8 Å². The molecule has 0 aliphatic carbocycles. The van der Waals surface area contributed by atoms with Crippen molar-refractivity contribution in [1.29, 1.82) is 0 Å². The summed E-state index contributed by atoms with van der Waals surface area (Å²) in [6.07, 6.45) is 2.08. The highest BCUT2D eigenvalue weighted by Gasteiger charge is 2.42. The van der Waals surface area contributed by atoms with E-state index in [2.05, 4.69) is 31.2 Å². The Labute approximate surface area is 156 Å². The van der Waals surface area contributed by atoms with E-state index in [1.165, 1.54) is 5.56 Å². The maximum atomic E-state index is 6.24. The fourth-order valence-electron chi connectivity index (χ4n) is 3.60. The van der Waals surface area contributed by atoms with E-state index in [-0.39, 0.29) is 12.3 Å². The molecule has 0 N–H and O–H groups in total. The molecule has 3 heterocycles. The lowest BCUT2D eigenvalue weighted by Crippen LogP contribution is -2.33. The Balaban J connectivity index is 1.60. The number of furan rings is 1. The summed E-state index contributed by atoms with van der Waals surface area (Å²) in [6, 6.07) is 18.1. The lowest BCUT2D eigenvalue weighted by Gasteiger charge is -2.36. The number of rotatable bonds is 2. The standard InChI is InChI=1S/C21H17ClN2O2/c1-13-4-6-14(7-5-13)17-12-18-16-11-15(22)8-9-19(16)26-21(24(18)23-17)20-3-2-10-25-20/h2-11,18,21H,12H2,1H3/t18-,21+/m0/s1. The Morgan fingerprint density at radius 2 is 1.96 bits per heavy atom. The molecule has 0 unspecified atom stereocenters. The summed E-state index contributed by atoms with van der Waals surface area (Å²) in [7, 11) is 0. The summed E-state index contributed by atoms with van der Waals surface area (Å²) in [5.74, 6) is 1.57. The molecule has 130 valence electrons. The molecule has 26 heavy (non-hydrogen) atoms. The minimum atomic E-state index is -0.383. The van der Waals surface area contributed by atoms with Crippen LogP contribution in [0.2, 0.25) is 5.02 Å². The molecule has 0 saturated heterocycles. The molecule has 2 atom stereocenters. The quantitative estimate of drug-likeness (QED) is 0.604. The molecule has 0 amide bonds. The van der Waals surface area contributed by atoms with E-state index in [0.29, 0.717) is 5.02 Å². The molecule has 2 aliphatic heterocycles. The van der Waals surface area contributed by atoms with Crippen molar-refractivity contribution in [2.24, 2.45) is 5.10 Å². The van der Waals surface area contributed by atoms with Crippen molar-refractivity contribution in [2.45, 2.75) is 25.6 Å². The number of fused-ring (bicyclic) bond motifs is 3. The molecular weight excluding hydrogens is 348 g/mol. The van der Waals surface area contributed by atoms with Gasteiger partial charge in [0.2, 0.25) is 6.23 Å². The van der Waals surface area contributed by atoms with E-state index in [1.807, 2.05) is 35.3 Å². The van der Waals surface area contributed by atoms with Crippen molar-refractivity contribution in [3.63, 3.8) is 0 Å². The summed E-state index contributed by atoms with van der Waals surface area (Å²) in [6.45, 7) is 2.09. The molecule has 5 heteroatoms. The number of hydrazone groups is 1. The predicted molar refractivity (Wildman–Crippen MR) is 100 cm³/mol. The first-order valence-corrected chi connectivity index (χ1v) is 8.99. The third-order valence-corrected chi connectivity index (χ3v) is 5.16. The van der Waals surface area contributed by atoms with Gasteiger partial charge in [0.05, 0.1) is 18.0 Å². The topological polar surface area (TPSA) is 38.0 Å². The lowest BCUT2D eigenvalue weighted by molar-refractivity contribution is -0.0325. The average Bonchev–Trinajstić information content (AvgIpc) is 3.32. The maximum Gasteiger partial charge on any atom is 0.246 e. The van der Waals surface area contributed by atoms with Crippen molar-refractivity contribution >= 4 is 17.3 Å². The second-order valence-corrected chi connectivity index (χ2v) is 7.12. The van der Waals surface area contributed by atoms with Crippen molar-refractivity contribution in [1.82, 2.24) is 5.01 Å². The van der Waals surface area contributed by atoms with Crippen LogP contribution in [0.15, 0.2) is 70.4 Å². The summed E-state index contributed by atoms with van der Waals surface area (Å²) in [5.41, 5.74) is 4.47. The Morgan fingerprint density at radius 1 is 1.12 bits per heavy atom. The zero-order valence-electron chi connectivity index (χ0n) is 14.2. The number of aryl methyl sites for hydroxylation is 1. The molecular formula is C21H17ClN2O2. The van der Waals surface area contributed by atoms with E-state index >= 15 is 0 Å². The van der Waals surface area contributed by atoms with Crippen LogP contribution in [0, 0.1) is 6.92 Å². The number of hydrogen-bond acceptors (Lipinski definition) is 4. The monoisotopic (exact) mass is 364 g/mol. The first-order valence-electron chi connectivity index (χ1n) is 8.61. The smallest absolute Gasteiger partial charge is 0.246 e. The minimum Gasteiger partial charge on any atom is -0.463 e. The van der Waals surface area contributed by atoms with Gasteiger partial charge in [-0.25, -0.2) is 5.01 Å². The summed E-state index contributed by atoms with van der Waals surface area (Å²) >= 11 is 6.24. The Morgan fingerprint density at radius 3 is 2.73 bits per heavy atom. The third kappa shape index (κ3) is 2.49. The van der Waals surface area contributed by atoms with Crippen LogP contribution >= 0.6 is 11.6 Å². The van der Waals surface area contributed by atoms with Crippen molar-refractivity contribution in [2.75, 3.05) is 0 Å². The Bertz CT molecular complexity index is 980. The summed E-state index contributed by atoms with van der Waals surface area (Å²) < 4.78 is 11.8. The molecule has 0 fully saturated rings. The van der Waals surface area contributed by atoms with Crippen LogP contribution in [0.5, 0.6) is 5.75 Å².